The molecule has 20 heavy (non-hydrogen) atoms. The van der Waals surface area contributed by atoms with Crippen LogP contribution in [0, 0.1) is 0 Å². The number of hydrogen-bond donors (Lipinski definition) is 1. The Hall–Kier alpha value is -1.36. The predicted molar refractivity (Wildman–Crippen MR) is 81.2 cm³/mol. The van der Waals surface area contributed by atoms with Crippen LogP contribution in [0.1, 0.15) is 38.5 Å². The molecule has 0 amide bonds. The van der Waals surface area contributed by atoms with Crippen molar-refractivity contribution in [3.63, 3.8) is 0 Å². The Balaban J connectivity index is 1.65. The molecule has 0 radical (unpaired) electrons. The molecule has 0 spiro atoms. The van der Waals surface area contributed by atoms with Crippen molar-refractivity contribution in [2.45, 2.75) is 44.6 Å². The first-order valence-electron chi connectivity index (χ1n) is 7.60. The van der Waals surface area contributed by atoms with Gasteiger partial charge in [-0.05, 0) is 32.9 Å². The first-order chi connectivity index (χ1) is 9.79. The molecule has 1 aromatic heterocycles. The quantitative estimate of drug-likeness (QED) is 0.777. The van der Waals surface area contributed by atoms with Crippen LogP contribution in [0.4, 0.5) is 5.82 Å². The molecule has 112 valence electrons. The van der Waals surface area contributed by atoms with Gasteiger partial charge in [-0.2, -0.15) is 0 Å². The minimum Gasteiger partial charge on any atom is -0.481 e. The van der Waals surface area contributed by atoms with Crippen LogP contribution >= 0.6 is 0 Å². The van der Waals surface area contributed by atoms with Crippen LogP contribution in [0.15, 0.2) is 12.4 Å². The van der Waals surface area contributed by atoms with E-state index in [0.29, 0.717) is 5.88 Å². The van der Waals surface area contributed by atoms with E-state index in [9.17, 15) is 0 Å². The maximum atomic E-state index is 5.08. The van der Waals surface area contributed by atoms with E-state index in [0.717, 1.165) is 31.4 Å². The summed E-state index contributed by atoms with van der Waals surface area (Å²) in [5.41, 5.74) is 0. The third-order valence-electron chi connectivity index (χ3n) is 4.04. The predicted octanol–water partition coefficient (Wildman–Crippen LogP) is 2.55. The van der Waals surface area contributed by atoms with Gasteiger partial charge in [0.15, 0.2) is 0 Å². The topological polar surface area (TPSA) is 50.3 Å². The zero-order chi connectivity index (χ0) is 14.2. The first kappa shape index (κ1) is 15.0. The van der Waals surface area contributed by atoms with Gasteiger partial charge in [-0.3, -0.25) is 0 Å². The number of nitrogens with zero attached hydrogens (tertiary/aromatic N) is 3. The van der Waals surface area contributed by atoms with Gasteiger partial charge in [0.25, 0.3) is 0 Å². The highest BCUT2D eigenvalue weighted by atomic mass is 16.5. The third-order valence-corrected chi connectivity index (χ3v) is 4.04. The fourth-order valence-electron chi connectivity index (χ4n) is 2.80. The van der Waals surface area contributed by atoms with Crippen molar-refractivity contribution >= 4 is 5.82 Å². The summed E-state index contributed by atoms with van der Waals surface area (Å²) in [5.74, 6) is 1.43. The lowest BCUT2D eigenvalue weighted by Gasteiger charge is -2.31. The van der Waals surface area contributed by atoms with Gasteiger partial charge in [-0.1, -0.05) is 19.3 Å². The standard InChI is InChI=1S/C15H26N4O/c1-19(13-7-4-3-5-8-13)10-6-9-16-14-11-15(20-2)18-12-17-14/h11-13H,3-10H2,1-2H3,(H,16,17,18). The Morgan fingerprint density at radius 2 is 2.10 bits per heavy atom. The Kier molecular flexibility index (Phi) is 6.05. The Bertz CT molecular complexity index is 393. The summed E-state index contributed by atoms with van der Waals surface area (Å²) < 4.78 is 5.08. The minimum atomic E-state index is 0.599. The van der Waals surface area contributed by atoms with Crippen molar-refractivity contribution in [1.82, 2.24) is 14.9 Å². The SMILES string of the molecule is COc1cc(NCCCN(C)C2CCCCC2)ncn1. The van der Waals surface area contributed by atoms with Crippen molar-refractivity contribution in [3.8, 4) is 5.88 Å². The van der Waals surface area contributed by atoms with Gasteiger partial charge in [-0.15, -0.1) is 0 Å². The number of aromatic nitrogens is 2. The third kappa shape index (κ3) is 4.63. The van der Waals surface area contributed by atoms with Gasteiger partial charge >= 0.3 is 0 Å². The van der Waals surface area contributed by atoms with Crippen LogP contribution in [0.2, 0.25) is 0 Å². The summed E-state index contributed by atoms with van der Waals surface area (Å²) in [4.78, 5) is 10.7. The monoisotopic (exact) mass is 278 g/mol. The van der Waals surface area contributed by atoms with Crippen LogP contribution < -0.4 is 10.1 Å². The number of rotatable bonds is 7. The van der Waals surface area contributed by atoms with Crippen molar-refractivity contribution < 1.29 is 4.74 Å². The van der Waals surface area contributed by atoms with Gasteiger partial charge in [0, 0.05) is 18.7 Å². The summed E-state index contributed by atoms with van der Waals surface area (Å²) in [5, 5.41) is 3.32. The molecule has 0 atom stereocenters. The highest BCUT2D eigenvalue weighted by Crippen LogP contribution is 2.21. The van der Waals surface area contributed by atoms with Crippen molar-refractivity contribution in [2.75, 3.05) is 32.6 Å². The van der Waals surface area contributed by atoms with Crippen LogP contribution in [-0.2, 0) is 0 Å². The second-order valence-electron chi connectivity index (χ2n) is 5.50. The van der Waals surface area contributed by atoms with Crippen LogP contribution in [-0.4, -0.2) is 48.2 Å². The summed E-state index contributed by atoms with van der Waals surface area (Å²) in [6.45, 7) is 2.07. The van der Waals surface area contributed by atoms with Crippen molar-refractivity contribution in [2.24, 2.45) is 0 Å². The number of nitrogens with one attached hydrogen (secondary N) is 1. The molecule has 5 nitrogen and oxygen atoms in total. The average molecular weight is 278 g/mol. The molecular weight excluding hydrogens is 252 g/mol. The van der Waals surface area contributed by atoms with Crippen molar-refractivity contribution in [3.05, 3.63) is 12.4 Å². The van der Waals surface area contributed by atoms with E-state index in [1.54, 1.807) is 7.11 Å². The Morgan fingerprint density at radius 1 is 1.30 bits per heavy atom. The van der Waals surface area contributed by atoms with Gasteiger partial charge in [0.1, 0.15) is 12.1 Å². The first-order valence-corrected chi connectivity index (χ1v) is 7.60. The zero-order valence-electron chi connectivity index (χ0n) is 12.6. The molecule has 1 fully saturated rings. The van der Waals surface area contributed by atoms with Crippen LogP contribution in [0.5, 0.6) is 5.88 Å². The van der Waals surface area contributed by atoms with Gasteiger partial charge in [-0.25, -0.2) is 9.97 Å². The van der Waals surface area contributed by atoms with E-state index in [2.05, 4.69) is 27.2 Å². The molecule has 0 aliphatic heterocycles. The van der Waals surface area contributed by atoms with Crippen LogP contribution in [0.3, 0.4) is 0 Å². The number of anilines is 1. The summed E-state index contributed by atoms with van der Waals surface area (Å²) >= 11 is 0. The normalized spacial score (nSPS) is 16.4. The van der Waals surface area contributed by atoms with E-state index < -0.39 is 0 Å². The smallest absolute Gasteiger partial charge is 0.218 e. The highest BCUT2D eigenvalue weighted by Gasteiger charge is 2.17. The molecule has 1 aliphatic carbocycles. The second kappa shape index (κ2) is 8.04. The summed E-state index contributed by atoms with van der Waals surface area (Å²) in [7, 11) is 3.87. The molecular formula is C15H26N4O. The van der Waals surface area contributed by atoms with Gasteiger partial charge < -0.3 is 15.0 Å². The average Bonchev–Trinajstić information content (AvgIpc) is 2.52. The fourth-order valence-corrected chi connectivity index (χ4v) is 2.80. The Labute approximate surface area is 121 Å². The maximum Gasteiger partial charge on any atom is 0.218 e. The lowest BCUT2D eigenvalue weighted by molar-refractivity contribution is 0.191. The molecule has 1 saturated carbocycles. The lowest BCUT2D eigenvalue weighted by Crippen LogP contribution is -2.34. The molecule has 1 aliphatic rings. The van der Waals surface area contributed by atoms with E-state index in [4.69, 9.17) is 4.74 Å². The molecule has 1 N–H and O–H groups in total. The molecule has 1 heterocycles. The van der Waals surface area contributed by atoms with E-state index in [1.165, 1.54) is 38.4 Å². The number of methoxy groups -OCH3 is 1. The van der Waals surface area contributed by atoms with E-state index in [1.807, 2.05) is 6.07 Å². The maximum absolute atomic E-state index is 5.08. The molecule has 0 unspecified atom stereocenters. The van der Waals surface area contributed by atoms with E-state index >= 15 is 0 Å². The van der Waals surface area contributed by atoms with Crippen LogP contribution in [0.25, 0.3) is 0 Å². The fraction of sp³-hybridized carbons (Fsp3) is 0.733. The Morgan fingerprint density at radius 3 is 2.85 bits per heavy atom. The number of ether oxygens (including phenoxy) is 1. The summed E-state index contributed by atoms with van der Waals surface area (Å²) in [6, 6.07) is 2.62. The lowest BCUT2D eigenvalue weighted by atomic mass is 9.94. The molecule has 5 heteroatoms. The van der Waals surface area contributed by atoms with Crippen molar-refractivity contribution in [1.29, 1.82) is 0 Å². The highest BCUT2D eigenvalue weighted by molar-refractivity contribution is 5.36. The summed E-state index contributed by atoms with van der Waals surface area (Å²) in [6.07, 6.45) is 9.60. The largest absolute Gasteiger partial charge is 0.481 e. The minimum absolute atomic E-state index is 0.599. The molecule has 0 aromatic carbocycles. The molecule has 0 saturated heterocycles. The number of hydrogen-bond acceptors (Lipinski definition) is 5. The second-order valence-corrected chi connectivity index (χ2v) is 5.50. The van der Waals surface area contributed by atoms with Gasteiger partial charge in [0.2, 0.25) is 5.88 Å². The zero-order valence-corrected chi connectivity index (χ0v) is 12.6. The van der Waals surface area contributed by atoms with E-state index in [-0.39, 0.29) is 0 Å². The molecule has 1 aromatic rings. The van der Waals surface area contributed by atoms with Gasteiger partial charge in [0.05, 0.1) is 7.11 Å². The molecule has 0 bridgehead atoms. The molecule has 2 rings (SSSR count).